The van der Waals surface area contributed by atoms with Crippen LogP contribution in [-0.2, 0) is 27.4 Å². The number of sulfone groups is 1. The van der Waals surface area contributed by atoms with E-state index < -0.39 is 9.84 Å². The first-order valence-electron chi connectivity index (χ1n) is 9.50. The summed E-state index contributed by atoms with van der Waals surface area (Å²) in [5, 5.41) is 17.3. The summed E-state index contributed by atoms with van der Waals surface area (Å²) in [7, 11) is -1.04. The van der Waals surface area contributed by atoms with Crippen LogP contribution >= 0.6 is 0 Å². The highest BCUT2D eigenvalue weighted by Gasteiger charge is 2.33. The summed E-state index contributed by atoms with van der Waals surface area (Å²) in [5.41, 5.74) is 2.55. The van der Waals surface area contributed by atoms with E-state index in [1.54, 1.807) is 0 Å². The van der Waals surface area contributed by atoms with E-state index in [0.29, 0.717) is 6.42 Å². The molecule has 0 N–H and O–H groups in total. The molecule has 0 spiro atoms. The Hall–Kier alpha value is -2.29. The van der Waals surface area contributed by atoms with Crippen molar-refractivity contribution in [3.8, 4) is 0 Å². The molecule has 1 saturated heterocycles. The van der Waals surface area contributed by atoms with Gasteiger partial charge in [-0.2, -0.15) is 10.2 Å². The van der Waals surface area contributed by atoms with Crippen molar-refractivity contribution < 1.29 is 8.42 Å². The van der Waals surface area contributed by atoms with E-state index in [1.807, 2.05) is 25.2 Å². The topological polar surface area (TPSA) is 92.2 Å². The lowest BCUT2D eigenvalue weighted by Gasteiger charge is -2.44. The maximum absolute atomic E-state index is 11.9. The molecule has 2 aliphatic rings. The normalized spacial score (nSPS) is 19.1. The number of nitrogens with zero attached hydrogens (tertiary/aromatic N) is 6. The molecule has 0 bridgehead atoms. The number of hydrogen-bond donors (Lipinski definition) is 0. The SMILES string of the molecule is CN(c1cc2c(nn1)CCS(=O)(=O)C2)C1CN(c2ccc(C(C)(C)C)nn2)C1. The van der Waals surface area contributed by atoms with Gasteiger partial charge in [0.05, 0.1) is 28.9 Å². The number of hydrogen-bond acceptors (Lipinski definition) is 8. The number of fused-ring (bicyclic) bond motifs is 1. The van der Waals surface area contributed by atoms with Crippen LogP contribution in [0.3, 0.4) is 0 Å². The summed E-state index contributed by atoms with van der Waals surface area (Å²) in [5.74, 6) is 1.82. The minimum absolute atomic E-state index is 0.0121. The Morgan fingerprint density at radius 1 is 1.11 bits per heavy atom. The first kappa shape index (κ1) is 19.0. The molecule has 0 amide bonds. The molecule has 0 saturated carbocycles. The van der Waals surface area contributed by atoms with Gasteiger partial charge >= 0.3 is 0 Å². The molecule has 0 atom stereocenters. The summed E-state index contributed by atoms with van der Waals surface area (Å²) in [6, 6.07) is 6.21. The second kappa shape index (κ2) is 6.65. The maximum Gasteiger partial charge on any atom is 0.154 e. The molecule has 0 radical (unpaired) electrons. The van der Waals surface area contributed by atoms with Gasteiger partial charge in [-0.05, 0) is 23.8 Å². The lowest BCUT2D eigenvalue weighted by Crippen LogP contribution is -2.59. The summed E-state index contributed by atoms with van der Waals surface area (Å²) in [6.45, 7) is 8.00. The fraction of sp³-hybridized carbons (Fsp3) is 0.579. The van der Waals surface area contributed by atoms with Crippen molar-refractivity contribution in [3.05, 3.63) is 35.2 Å². The van der Waals surface area contributed by atoms with Crippen molar-refractivity contribution >= 4 is 21.5 Å². The summed E-state index contributed by atoms with van der Waals surface area (Å²) < 4.78 is 23.8. The smallest absolute Gasteiger partial charge is 0.154 e. The first-order valence-corrected chi connectivity index (χ1v) is 11.3. The van der Waals surface area contributed by atoms with E-state index in [4.69, 9.17) is 0 Å². The van der Waals surface area contributed by atoms with Crippen LogP contribution in [0, 0.1) is 0 Å². The van der Waals surface area contributed by atoms with Crippen molar-refractivity contribution in [3.63, 3.8) is 0 Å². The van der Waals surface area contributed by atoms with Crippen LogP contribution in [-0.4, -0.2) is 60.7 Å². The third kappa shape index (κ3) is 3.67. The zero-order valence-electron chi connectivity index (χ0n) is 16.8. The summed E-state index contributed by atoms with van der Waals surface area (Å²) >= 11 is 0. The van der Waals surface area contributed by atoms with E-state index in [2.05, 4.69) is 51.0 Å². The second-order valence-electron chi connectivity index (χ2n) is 8.71. The van der Waals surface area contributed by atoms with Gasteiger partial charge in [0, 0.05) is 32.0 Å². The van der Waals surface area contributed by atoms with Gasteiger partial charge in [-0.15, -0.1) is 10.2 Å². The van der Waals surface area contributed by atoms with Crippen molar-refractivity contribution in [1.29, 1.82) is 0 Å². The predicted molar refractivity (Wildman–Crippen MR) is 108 cm³/mol. The minimum Gasteiger partial charge on any atom is -0.352 e. The number of aryl methyl sites for hydroxylation is 1. The monoisotopic (exact) mass is 402 g/mol. The molecule has 0 unspecified atom stereocenters. The molecule has 150 valence electrons. The highest BCUT2D eigenvalue weighted by molar-refractivity contribution is 7.90. The van der Waals surface area contributed by atoms with Crippen molar-refractivity contribution in [2.24, 2.45) is 0 Å². The molecule has 2 aromatic heterocycles. The fourth-order valence-corrected chi connectivity index (χ4v) is 4.85. The van der Waals surface area contributed by atoms with E-state index in [1.165, 1.54) is 0 Å². The molecule has 1 fully saturated rings. The molecule has 9 heteroatoms. The Morgan fingerprint density at radius 3 is 2.50 bits per heavy atom. The molecular formula is C19H26N6O2S. The fourth-order valence-electron chi connectivity index (χ4n) is 3.48. The Morgan fingerprint density at radius 2 is 1.86 bits per heavy atom. The molecule has 4 rings (SSSR count). The van der Waals surface area contributed by atoms with Gasteiger partial charge < -0.3 is 9.80 Å². The zero-order valence-corrected chi connectivity index (χ0v) is 17.6. The Bertz CT molecular complexity index is 978. The molecule has 0 aliphatic carbocycles. The highest BCUT2D eigenvalue weighted by atomic mass is 32.2. The Labute approximate surface area is 165 Å². The van der Waals surface area contributed by atoms with E-state index in [9.17, 15) is 8.42 Å². The van der Waals surface area contributed by atoms with Crippen molar-refractivity contribution in [2.45, 2.75) is 44.4 Å². The van der Waals surface area contributed by atoms with Gasteiger partial charge in [-0.1, -0.05) is 20.8 Å². The number of anilines is 2. The summed E-state index contributed by atoms with van der Waals surface area (Å²) in [6.07, 6.45) is 0.453. The Kier molecular flexibility index (Phi) is 4.52. The largest absolute Gasteiger partial charge is 0.352 e. The predicted octanol–water partition coefficient (Wildman–Crippen LogP) is 1.36. The third-order valence-corrected chi connectivity index (χ3v) is 7.06. The van der Waals surface area contributed by atoms with Crippen molar-refractivity contribution in [2.75, 3.05) is 35.7 Å². The van der Waals surface area contributed by atoms with Gasteiger partial charge in [-0.3, -0.25) is 0 Å². The van der Waals surface area contributed by atoms with Crippen LogP contribution in [0.5, 0.6) is 0 Å². The van der Waals surface area contributed by atoms with Gasteiger partial charge in [0.15, 0.2) is 21.5 Å². The second-order valence-corrected chi connectivity index (χ2v) is 10.9. The molecule has 0 aromatic carbocycles. The van der Waals surface area contributed by atoms with E-state index in [0.717, 1.165) is 41.7 Å². The van der Waals surface area contributed by atoms with E-state index >= 15 is 0 Å². The Balaban J connectivity index is 1.42. The van der Waals surface area contributed by atoms with Crippen LogP contribution in [0.25, 0.3) is 0 Å². The summed E-state index contributed by atoms with van der Waals surface area (Å²) in [4.78, 5) is 4.25. The van der Waals surface area contributed by atoms with Crippen LogP contribution < -0.4 is 9.80 Å². The molecular weight excluding hydrogens is 376 g/mol. The van der Waals surface area contributed by atoms with E-state index in [-0.39, 0.29) is 23.0 Å². The molecule has 2 aliphatic heterocycles. The number of aromatic nitrogens is 4. The lowest BCUT2D eigenvalue weighted by molar-refractivity contribution is 0.483. The molecule has 2 aromatic rings. The number of rotatable bonds is 3. The van der Waals surface area contributed by atoms with Crippen molar-refractivity contribution in [1.82, 2.24) is 20.4 Å². The average molecular weight is 403 g/mol. The highest BCUT2D eigenvalue weighted by Crippen LogP contribution is 2.27. The zero-order chi connectivity index (χ0) is 20.1. The molecule has 8 nitrogen and oxygen atoms in total. The number of likely N-dealkylation sites (N-methyl/N-ethyl adjacent to an activating group) is 1. The molecule has 4 heterocycles. The van der Waals surface area contributed by atoms with Crippen LogP contribution in [0.2, 0.25) is 0 Å². The van der Waals surface area contributed by atoms with Gasteiger partial charge in [0.1, 0.15) is 0 Å². The van der Waals surface area contributed by atoms with Gasteiger partial charge in [0.2, 0.25) is 0 Å². The quantitative estimate of drug-likeness (QED) is 0.760. The van der Waals surface area contributed by atoms with Crippen LogP contribution in [0.1, 0.15) is 37.7 Å². The van der Waals surface area contributed by atoms with Crippen LogP contribution in [0.15, 0.2) is 18.2 Å². The minimum atomic E-state index is -3.02. The first-order chi connectivity index (χ1) is 13.1. The van der Waals surface area contributed by atoms with Crippen LogP contribution in [0.4, 0.5) is 11.6 Å². The third-order valence-electron chi connectivity index (χ3n) is 5.49. The maximum atomic E-state index is 11.9. The average Bonchev–Trinajstić information content (AvgIpc) is 2.58. The standard InChI is InChI=1S/C19H26N6O2S/c1-19(2,3)16-5-6-17(22-21-16)25-10-14(11-25)24(4)18-9-13-12-28(26,27)8-7-15(13)20-23-18/h5-6,9,14H,7-8,10-12H2,1-4H3. The van der Waals surface area contributed by atoms with Gasteiger partial charge in [0.25, 0.3) is 0 Å². The van der Waals surface area contributed by atoms with Gasteiger partial charge in [-0.25, -0.2) is 8.42 Å². The molecule has 28 heavy (non-hydrogen) atoms. The lowest BCUT2D eigenvalue weighted by atomic mass is 9.92.